The first-order chi connectivity index (χ1) is 7.50. The number of rotatable bonds is 4. The Morgan fingerprint density at radius 3 is 2.69 bits per heavy atom. The molecule has 0 aliphatic carbocycles. The van der Waals surface area contributed by atoms with E-state index in [0.29, 0.717) is 10.1 Å². The summed E-state index contributed by atoms with van der Waals surface area (Å²) in [6.07, 6.45) is 2.24. The fourth-order valence-corrected chi connectivity index (χ4v) is 2.86. The highest BCUT2D eigenvalue weighted by Crippen LogP contribution is 2.31. The number of alkyl halides is 1. The molecule has 1 rings (SSSR count). The topological polar surface area (TPSA) is 69.6 Å². The molecule has 0 bridgehead atoms. The molecule has 0 aromatic rings. The highest BCUT2D eigenvalue weighted by molar-refractivity contribution is 14.1. The molecule has 0 radical (unpaired) electrons. The largest absolute Gasteiger partial charge is 0.478 e. The highest BCUT2D eigenvalue weighted by Gasteiger charge is 2.36. The molecule has 4 nitrogen and oxygen atoms in total. The first-order valence-electron chi connectivity index (χ1n) is 4.80. The van der Waals surface area contributed by atoms with Crippen LogP contribution < -0.4 is 5.32 Å². The number of aliphatic hydroxyl groups excluding tert-OH is 1. The number of aliphatic carboxylic acids is 1. The molecule has 0 aromatic heterocycles. The summed E-state index contributed by atoms with van der Waals surface area (Å²) in [5.74, 6) is -0.785. The van der Waals surface area contributed by atoms with Crippen LogP contribution in [0.4, 0.5) is 0 Å². The lowest BCUT2D eigenvalue weighted by Gasteiger charge is -2.37. The van der Waals surface area contributed by atoms with Crippen molar-refractivity contribution in [3.63, 3.8) is 0 Å². The maximum absolute atomic E-state index is 11.0. The Morgan fingerprint density at radius 1 is 1.69 bits per heavy atom. The van der Waals surface area contributed by atoms with Gasteiger partial charge in [0.05, 0.1) is 27.3 Å². The first-order valence-corrected chi connectivity index (χ1v) is 6.41. The van der Waals surface area contributed by atoms with E-state index < -0.39 is 11.5 Å². The van der Waals surface area contributed by atoms with Crippen molar-refractivity contribution < 1.29 is 15.0 Å². The monoisotopic (exact) mass is 357 g/mol. The van der Waals surface area contributed by atoms with Crippen molar-refractivity contribution >= 4 is 40.2 Å². The maximum atomic E-state index is 11.0. The fourth-order valence-electron chi connectivity index (χ4n) is 1.63. The number of carboxylic acid groups (broad SMARTS) is 1. The second kappa shape index (κ2) is 5.37. The van der Waals surface area contributed by atoms with Gasteiger partial charge in [0, 0.05) is 0 Å². The molecule has 16 heavy (non-hydrogen) atoms. The van der Waals surface area contributed by atoms with Crippen molar-refractivity contribution in [2.24, 2.45) is 0 Å². The smallest absolute Gasteiger partial charge is 0.338 e. The number of carboxylic acids is 1. The summed E-state index contributed by atoms with van der Waals surface area (Å²) in [4.78, 5) is 11.0. The van der Waals surface area contributed by atoms with Crippen molar-refractivity contribution in [2.75, 3.05) is 12.5 Å². The molecule has 0 saturated carbocycles. The van der Waals surface area contributed by atoms with Gasteiger partial charge in [0.15, 0.2) is 0 Å². The van der Waals surface area contributed by atoms with E-state index in [1.807, 2.05) is 29.5 Å². The summed E-state index contributed by atoms with van der Waals surface area (Å²) >= 11 is 7.77. The Labute approximate surface area is 113 Å². The van der Waals surface area contributed by atoms with Gasteiger partial charge >= 0.3 is 5.97 Å². The Hall–Kier alpha value is -0.270. The normalized spacial score (nSPS) is 25.1. The maximum Gasteiger partial charge on any atom is 0.338 e. The summed E-state index contributed by atoms with van der Waals surface area (Å²) < 4.78 is 0.497. The molecule has 6 heteroatoms. The van der Waals surface area contributed by atoms with Gasteiger partial charge in [-0.1, -0.05) is 6.92 Å². The average molecular weight is 358 g/mol. The second-order valence-electron chi connectivity index (χ2n) is 3.55. The van der Waals surface area contributed by atoms with Gasteiger partial charge < -0.3 is 15.5 Å². The third-order valence-electron chi connectivity index (χ3n) is 2.63. The Balaban J connectivity index is 3.20. The molecule has 0 amide bonds. The van der Waals surface area contributed by atoms with Crippen molar-refractivity contribution in [2.45, 2.75) is 18.9 Å². The lowest BCUT2D eigenvalue weighted by atomic mass is 9.86. The van der Waals surface area contributed by atoms with Gasteiger partial charge in [-0.2, -0.15) is 0 Å². The molecule has 1 atom stereocenters. The van der Waals surface area contributed by atoms with Crippen molar-refractivity contribution in [1.82, 2.24) is 5.32 Å². The van der Waals surface area contributed by atoms with Crippen molar-refractivity contribution in [3.05, 3.63) is 20.9 Å². The Kier molecular flexibility index (Phi) is 4.63. The standard InChI is InChI=1S/C10H13ClINO3/c1-2-6-3-7(9(15)16)8(12)13-10(6,4-11)5-14/h3,13-14H,2,4-5H2,1H3,(H,15,16). The third-order valence-corrected chi connectivity index (χ3v) is 3.94. The minimum Gasteiger partial charge on any atom is -0.478 e. The molecule has 3 N–H and O–H groups in total. The predicted octanol–water partition coefficient (Wildman–Crippen LogP) is 1.63. The molecule has 0 saturated heterocycles. The van der Waals surface area contributed by atoms with Crippen LogP contribution in [0.15, 0.2) is 20.9 Å². The van der Waals surface area contributed by atoms with Gasteiger partial charge in [-0.05, 0) is 40.7 Å². The molecule has 90 valence electrons. The summed E-state index contributed by atoms with van der Waals surface area (Å²) in [6, 6.07) is 0. The summed E-state index contributed by atoms with van der Waals surface area (Å²) in [7, 11) is 0. The van der Waals surface area contributed by atoms with Gasteiger partial charge in [-0.15, -0.1) is 11.6 Å². The van der Waals surface area contributed by atoms with E-state index in [-0.39, 0.29) is 18.1 Å². The van der Waals surface area contributed by atoms with Crippen LogP contribution in [-0.2, 0) is 4.79 Å². The molecule has 1 unspecified atom stereocenters. The number of nitrogens with one attached hydrogen (secondary N) is 1. The zero-order valence-corrected chi connectivity index (χ0v) is 11.7. The van der Waals surface area contributed by atoms with Gasteiger partial charge in [0.2, 0.25) is 0 Å². The molecule has 1 aliphatic rings. The van der Waals surface area contributed by atoms with E-state index in [9.17, 15) is 9.90 Å². The molecule has 0 spiro atoms. The van der Waals surface area contributed by atoms with Gasteiger partial charge in [0.1, 0.15) is 0 Å². The fraction of sp³-hybridized carbons (Fsp3) is 0.500. The first kappa shape index (κ1) is 13.8. The minimum absolute atomic E-state index is 0.157. The molecular formula is C10H13ClINO3. The molecular weight excluding hydrogens is 344 g/mol. The summed E-state index contributed by atoms with van der Waals surface area (Å²) in [6.45, 7) is 1.75. The quantitative estimate of drug-likeness (QED) is 0.406. The summed E-state index contributed by atoms with van der Waals surface area (Å²) in [5, 5.41) is 21.4. The molecule has 0 fully saturated rings. The van der Waals surface area contributed by atoms with Crippen LogP contribution >= 0.6 is 34.2 Å². The number of hydrogen-bond donors (Lipinski definition) is 3. The molecule has 1 heterocycles. The van der Waals surface area contributed by atoms with Crippen LogP contribution in [0, 0.1) is 0 Å². The van der Waals surface area contributed by atoms with E-state index in [4.69, 9.17) is 16.7 Å². The zero-order valence-electron chi connectivity index (χ0n) is 8.76. The van der Waals surface area contributed by atoms with E-state index >= 15 is 0 Å². The van der Waals surface area contributed by atoms with Crippen LogP contribution in [0.25, 0.3) is 0 Å². The van der Waals surface area contributed by atoms with E-state index in [1.165, 1.54) is 0 Å². The summed E-state index contributed by atoms with van der Waals surface area (Å²) in [5.41, 5.74) is 0.292. The van der Waals surface area contributed by atoms with Gasteiger partial charge in [0.25, 0.3) is 0 Å². The number of dihydropyridines is 1. The number of halogens is 2. The molecule has 0 aromatic carbocycles. The predicted molar refractivity (Wildman–Crippen MR) is 70.7 cm³/mol. The lowest BCUT2D eigenvalue weighted by molar-refractivity contribution is -0.132. The van der Waals surface area contributed by atoms with Crippen LogP contribution in [0.2, 0.25) is 0 Å². The SMILES string of the molecule is CCC1=CC(C(=O)O)=C(I)NC1(CO)CCl. The highest BCUT2D eigenvalue weighted by atomic mass is 127. The van der Waals surface area contributed by atoms with Crippen LogP contribution in [-0.4, -0.2) is 34.2 Å². The van der Waals surface area contributed by atoms with E-state index in [1.54, 1.807) is 6.08 Å². The van der Waals surface area contributed by atoms with Crippen LogP contribution in [0.5, 0.6) is 0 Å². The zero-order chi connectivity index (χ0) is 12.3. The second-order valence-corrected chi connectivity index (χ2v) is 4.90. The Bertz CT molecular complexity index is 361. The Morgan fingerprint density at radius 2 is 2.31 bits per heavy atom. The average Bonchev–Trinajstić information content (AvgIpc) is 2.27. The van der Waals surface area contributed by atoms with E-state index in [0.717, 1.165) is 5.57 Å². The number of aliphatic hydroxyl groups is 1. The van der Waals surface area contributed by atoms with E-state index in [2.05, 4.69) is 5.32 Å². The minimum atomic E-state index is -0.982. The van der Waals surface area contributed by atoms with Gasteiger partial charge in [-0.25, -0.2) is 4.79 Å². The van der Waals surface area contributed by atoms with Crippen LogP contribution in [0.3, 0.4) is 0 Å². The number of hydrogen-bond acceptors (Lipinski definition) is 3. The third kappa shape index (κ3) is 2.36. The van der Waals surface area contributed by atoms with Gasteiger partial charge in [-0.3, -0.25) is 0 Å². The lowest BCUT2D eigenvalue weighted by Crippen LogP contribution is -2.52. The van der Waals surface area contributed by atoms with Crippen LogP contribution in [0.1, 0.15) is 13.3 Å². The van der Waals surface area contributed by atoms with Crippen molar-refractivity contribution in [1.29, 1.82) is 0 Å². The van der Waals surface area contributed by atoms with Crippen molar-refractivity contribution in [3.8, 4) is 0 Å². The molecule has 1 aliphatic heterocycles. The number of carbonyl (C=O) groups is 1.